The number of esters is 1. The van der Waals surface area contributed by atoms with Gasteiger partial charge in [0.2, 0.25) is 0 Å². The highest BCUT2D eigenvalue weighted by Crippen LogP contribution is 2.13. The van der Waals surface area contributed by atoms with Gasteiger partial charge in [-0.25, -0.2) is 0 Å². The Bertz CT molecular complexity index is 462. The maximum Gasteiger partial charge on any atom is 0.303 e. The monoisotopic (exact) mass is 276 g/mol. The predicted molar refractivity (Wildman–Crippen MR) is 80.4 cm³/mol. The Morgan fingerprint density at radius 2 is 2.10 bits per heavy atom. The SMILES string of the molecule is CC(=O)O[C@H](/C=C(/C)CCC=C(C)C)Cc1ccco1. The van der Waals surface area contributed by atoms with E-state index in [4.69, 9.17) is 9.15 Å². The summed E-state index contributed by atoms with van der Waals surface area (Å²) in [6.07, 6.45) is 8.16. The fourth-order valence-corrected chi connectivity index (χ4v) is 1.96. The van der Waals surface area contributed by atoms with E-state index in [0.29, 0.717) is 6.42 Å². The molecular weight excluding hydrogens is 252 g/mol. The maximum atomic E-state index is 11.2. The quantitative estimate of drug-likeness (QED) is 0.545. The Balaban J connectivity index is 2.62. The topological polar surface area (TPSA) is 39.4 Å². The molecule has 0 aliphatic carbocycles. The molecule has 1 heterocycles. The lowest BCUT2D eigenvalue weighted by molar-refractivity contribution is -0.144. The molecule has 20 heavy (non-hydrogen) atoms. The molecule has 0 bridgehead atoms. The lowest BCUT2D eigenvalue weighted by Crippen LogP contribution is -2.17. The molecule has 0 aliphatic rings. The predicted octanol–water partition coefficient (Wildman–Crippen LogP) is 4.45. The van der Waals surface area contributed by atoms with Crippen molar-refractivity contribution in [3.63, 3.8) is 0 Å². The molecule has 0 aromatic carbocycles. The van der Waals surface area contributed by atoms with Gasteiger partial charge in [-0.05, 0) is 51.8 Å². The van der Waals surface area contributed by atoms with Crippen LogP contribution in [0.1, 0.15) is 46.3 Å². The highest BCUT2D eigenvalue weighted by molar-refractivity contribution is 5.66. The largest absolute Gasteiger partial charge is 0.469 e. The summed E-state index contributed by atoms with van der Waals surface area (Å²) in [5, 5.41) is 0. The molecule has 110 valence electrons. The molecule has 1 atom stereocenters. The molecule has 0 saturated carbocycles. The van der Waals surface area contributed by atoms with Gasteiger partial charge < -0.3 is 9.15 Å². The number of carbonyl (C=O) groups excluding carboxylic acids is 1. The van der Waals surface area contributed by atoms with Gasteiger partial charge in [-0.3, -0.25) is 4.79 Å². The van der Waals surface area contributed by atoms with Gasteiger partial charge in [-0.1, -0.05) is 17.2 Å². The third-order valence-electron chi connectivity index (χ3n) is 2.86. The first-order valence-electron chi connectivity index (χ1n) is 6.97. The Morgan fingerprint density at radius 1 is 1.35 bits per heavy atom. The van der Waals surface area contributed by atoms with Gasteiger partial charge in [0.1, 0.15) is 11.9 Å². The van der Waals surface area contributed by atoms with Crippen LogP contribution in [-0.4, -0.2) is 12.1 Å². The number of rotatable bonds is 7. The van der Waals surface area contributed by atoms with Crippen molar-refractivity contribution in [2.75, 3.05) is 0 Å². The zero-order valence-corrected chi connectivity index (χ0v) is 12.8. The van der Waals surface area contributed by atoms with E-state index < -0.39 is 0 Å². The van der Waals surface area contributed by atoms with Crippen molar-refractivity contribution in [3.8, 4) is 0 Å². The van der Waals surface area contributed by atoms with E-state index in [1.165, 1.54) is 18.1 Å². The second kappa shape index (κ2) is 8.41. The summed E-state index contributed by atoms with van der Waals surface area (Å²) in [6, 6.07) is 3.73. The molecule has 0 fully saturated rings. The van der Waals surface area contributed by atoms with Crippen molar-refractivity contribution < 1.29 is 13.9 Å². The first-order valence-corrected chi connectivity index (χ1v) is 6.97. The van der Waals surface area contributed by atoms with Crippen LogP contribution in [0.25, 0.3) is 0 Å². The van der Waals surface area contributed by atoms with Gasteiger partial charge in [0, 0.05) is 13.3 Å². The van der Waals surface area contributed by atoms with Crippen LogP contribution in [0, 0.1) is 0 Å². The number of ether oxygens (including phenoxy) is 1. The molecule has 3 heteroatoms. The minimum Gasteiger partial charge on any atom is -0.469 e. The molecule has 0 saturated heterocycles. The smallest absolute Gasteiger partial charge is 0.303 e. The normalized spacial score (nSPS) is 12.9. The van der Waals surface area contributed by atoms with E-state index in [1.54, 1.807) is 6.26 Å². The number of hydrogen-bond donors (Lipinski definition) is 0. The van der Waals surface area contributed by atoms with Gasteiger partial charge in [-0.2, -0.15) is 0 Å². The van der Waals surface area contributed by atoms with Gasteiger partial charge >= 0.3 is 5.97 Å². The summed E-state index contributed by atoms with van der Waals surface area (Å²) < 4.78 is 10.6. The molecule has 0 unspecified atom stereocenters. The summed E-state index contributed by atoms with van der Waals surface area (Å²) in [4.78, 5) is 11.2. The number of furan rings is 1. The van der Waals surface area contributed by atoms with Gasteiger partial charge in [-0.15, -0.1) is 0 Å². The number of hydrogen-bond acceptors (Lipinski definition) is 3. The Morgan fingerprint density at radius 3 is 2.65 bits per heavy atom. The van der Waals surface area contributed by atoms with Crippen molar-refractivity contribution in [1.29, 1.82) is 0 Å². The average molecular weight is 276 g/mol. The van der Waals surface area contributed by atoms with Crippen LogP contribution in [0.15, 0.2) is 46.1 Å². The fourth-order valence-electron chi connectivity index (χ4n) is 1.96. The lowest BCUT2D eigenvalue weighted by atomic mass is 10.1. The molecule has 1 rings (SSSR count). The molecule has 1 aromatic rings. The first kappa shape index (κ1) is 16.3. The zero-order valence-electron chi connectivity index (χ0n) is 12.8. The van der Waals surface area contributed by atoms with Gasteiger partial charge in [0.05, 0.1) is 6.26 Å². The van der Waals surface area contributed by atoms with Crippen LogP contribution in [0.5, 0.6) is 0 Å². The van der Waals surface area contributed by atoms with Crippen molar-refractivity contribution >= 4 is 5.97 Å². The second-order valence-corrected chi connectivity index (χ2v) is 5.26. The Hall–Kier alpha value is -1.77. The van der Waals surface area contributed by atoms with E-state index in [9.17, 15) is 4.79 Å². The molecular formula is C17H24O3. The standard InChI is InChI=1S/C17H24O3/c1-13(2)7-5-8-14(3)11-17(20-15(4)18)12-16-9-6-10-19-16/h6-7,9-11,17H,5,8,12H2,1-4H3/b14-11-/t17-/m1/s1. The van der Waals surface area contributed by atoms with Crippen molar-refractivity contribution in [1.82, 2.24) is 0 Å². The highest BCUT2D eigenvalue weighted by atomic mass is 16.5. The van der Waals surface area contributed by atoms with Crippen LogP contribution in [0.3, 0.4) is 0 Å². The average Bonchev–Trinajstić information content (AvgIpc) is 2.80. The van der Waals surface area contributed by atoms with E-state index in [0.717, 1.165) is 18.6 Å². The minimum atomic E-state index is -0.269. The Kier molecular flexibility index (Phi) is 6.85. The number of allylic oxidation sites excluding steroid dienone is 3. The van der Waals surface area contributed by atoms with Crippen LogP contribution in [-0.2, 0) is 16.0 Å². The van der Waals surface area contributed by atoms with E-state index in [-0.39, 0.29) is 12.1 Å². The highest BCUT2D eigenvalue weighted by Gasteiger charge is 2.12. The summed E-state index contributed by atoms with van der Waals surface area (Å²) >= 11 is 0. The molecule has 0 spiro atoms. The molecule has 0 aliphatic heterocycles. The summed E-state index contributed by atoms with van der Waals surface area (Å²) in [6.45, 7) is 7.69. The fraction of sp³-hybridized carbons (Fsp3) is 0.471. The van der Waals surface area contributed by atoms with E-state index >= 15 is 0 Å². The van der Waals surface area contributed by atoms with Crippen LogP contribution in [0.4, 0.5) is 0 Å². The van der Waals surface area contributed by atoms with Crippen molar-refractivity contribution in [3.05, 3.63) is 47.5 Å². The molecule has 0 N–H and O–H groups in total. The maximum absolute atomic E-state index is 11.2. The van der Waals surface area contributed by atoms with Crippen molar-refractivity contribution in [2.24, 2.45) is 0 Å². The van der Waals surface area contributed by atoms with E-state index in [1.807, 2.05) is 18.2 Å². The summed E-state index contributed by atoms with van der Waals surface area (Å²) in [5.74, 6) is 0.555. The molecule has 1 aromatic heterocycles. The van der Waals surface area contributed by atoms with Gasteiger partial charge in [0.15, 0.2) is 0 Å². The molecule has 3 nitrogen and oxygen atoms in total. The Labute approximate surface area is 121 Å². The van der Waals surface area contributed by atoms with Crippen LogP contribution < -0.4 is 0 Å². The minimum absolute atomic E-state index is 0.259. The van der Waals surface area contributed by atoms with Gasteiger partial charge in [0.25, 0.3) is 0 Å². The van der Waals surface area contributed by atoms with Crippen molar-refractivity contribution in [2.45, 2.75) is 53.1 Å². The van der Waals surface area contributed by atoms with Crippen LogP contribution >= 0.6 is 0 Å². The van der Waals surface area contributed by atoms with Crippen LogP contribution in [0.2, 0.25) is 0 Å². The summed E-state index contributed by atoms with van der Waals surface area (Å²) in [7, 11) is 0. The first-order chi connectivity index (χ1) is 9.47. The lowest BCUT2D eigenvalue weighted by Gasteiger charge is -2.13. The molecule has 0 amide bonds. The third-order valence-corrected chi connectivity index (χ3v) is 2.86. The number of carbonyl (C=O) groups is 1. The van der Waals surface area contributed by atoms with E-state index in [2.05, 4.69) is 26.8 Å². The zero-order chi connectivity index (χ0) is 15.0. The third kappa shape index (κ3) is 6.98. The molecule has 0 radical (unpaired) electrons. The summed E-state index contributed by atoms with van der Waals surface area (Å²) in [5.41, 5.74) is 2.55. The second-order valence-electron chi connectivity index (χ2n) is 5.26.